The van der Waals surface area contributed by atoms with Crippen LogP contribution in [0.4, 0.5) is 16.4 Å². The molecule has 1 aromatic heterocycles. The first-order valence-corrected chi connectivity index (χ1v) is 9.15. The second kappa shape index (κ2) is 7.29. The lowest BCUT2D eigenvalue weighted by Crippen LogP contribution is -2.46. The van der Waals surface area contributed by atoms with E-state index < -0.39 is 0 Å². The Kier molecular flexibility index (Phi) is 4.71. The summed E-state index contributed by atoms with van der Waals surface area (Å²) < 4.78 is 0. The van der Waals surface area contributed by atoms with Gasteiger partial charge in [-0.2, -0.15) is 0 Å². The zero-order valence-electron chi connectivity index (χ0n) is 15.1. The third-order valence-corrected chi connectivity index (χ3v) is 5.16. The average Bonchev–Trinajstić information content (AvgIpc) is 3.13. The van der Waals surface area contributed by atoms with E-state index in [9.17, 15) is 4.79 Å². The Morgan fingerprint density at radius 1 is 1.08 bits per heavy atom. The van der Waals surface area contributed by atoms with Gasteiger partial charge in [0.2, 0.25) is 0 Å². The van der Waals surface area contributed by atoms with Gasteiger partial charge in [-0.3, -0.25) is 5.32 Å². The number of rotatable bonds is 3. The summed E-state index contributed by atoms with van der Waals surface area (Å²) in [7, 11) is 0. The number of carbonyl (C=O) groups is 1. The van der Waals surface area contributed by atoms with Crippen molar-refractivity contribution in [2.45, 2.75) is 20.0 Å². The second-order valence-corrected chi connectivity index (χ2v) is 6.74. The minimum absolute atomic E-state index is 0.123. The van der Waals surface area contributed by atoms with Crippen LogP contribution in [0, 0.1) is 0 Å². The predicted octanol–water partition coefficient (Wildman–Crippen LogP) is 2.17. The van der Waals surface area contributed by atoms with Crippen molar-refractivity contribution in [3.8, 4) is 0 Å². The molecule has 7 nitrogen and oxygen atoms in total. The minimum atomic E-state index is -0.123. The molecule has 0 radical (unpaired) electrons. The fraction of sp³-hybridized carbons (Fsp3) is 0.421. The lowest BCUT2D eigenvalue weighted by Gasteiger charge is -2.34. The molecule has 2 amide bonds. The number of nitrogens with one attached hydrogen (secondary N) is 1. The van der Waals surface area contributed by atoms with Crippen molar-refractivity contribution in [2.24, 2.45) is 0 Å². The van der Waals surface area contributed by atoms with E-state index in [1.807, 2.05) is 18.2 Å². The normalized spacial score (nSPS) is 17.3. The highest BCUT2D eigenvalue weighted by molar-refractivity contribution is 5.89. The van der Waals surface area contributed by atoms with Crippen LogP contribution in [0.15, 0.2) is 36.7 Å². The van der Waals surface area contributed by atoms with Gasteiger partial charge in [0.05, 0.1) is 0 Å². The Bertz CT molecular complexity index is 762. The molecule has 0 bridgehead atoms. The summed E-state index contributed by atoms with van der Waals surface area (Å²) in [4.78, 5) is 27.7. The van der Waals surface area contributed by atoms with E-state index in [1.165, 1.54) is 17.5 Å². The summed E-state index contributed by atoms with van der Waals surface area (Å²) in [5.74, 6) is 1.42. The molecule has 0 saturated carbocycles. The number of carbonyl (C=O) groups excluding carboxylic acids is 1. The molecule has 1 saturated heterocycles. The molecule has 2 aromatic rings. The van der Waals surface area contributed by atoms with E-state index in [1.54, 1.807) is 4.90 Å². The Morgan fingerprint density at radius 3 is 2.42 bits per heavy atom. The number of piperazine rings is 1. The quantitative estimate of drug-likeness (QED) is 0.917. The topological polar surface area (TPSA) is 64.6 Å². The maximum absolute atomic E-state index is 12.6. The molecule has 1 fully saturated rings. The number of hydrogen-bond donors (Lipinski definition) is 1. The first-order valence-electron chi connectivity index (χ1n) is 9.15. The molecule has 26 heavy (non-hydrogen) atoms. The van der Waals surface area contributed by atoms with Crippen molar-refractivity contribution in [3.05, 3.63) is 47.8 Å². The summed E-state index contributed by atoms with van der Waals surface area (Å²) >= 11 is 0. The zero-order valence-corrected chi connectivity index (χ0v) is 15.1. The first-order chi connectivity index (χ1) is 12.7. The van der Waals surface area contributed by atoms with Gasteiger partial charge in [-0.15, -0.1) is 0 Å². The van der Waals surface area contributed by atoms with Crippen LogP contribution < -0.4 is 10.2 Å². The third-order valence-electron chi connectivity index (χ3n) is 5.16. The van der Waals surface area contributed by atoms with Crippen LogP contribution in [0.1, 0.15) is 18.1 Å². The van der Waals surface area contributed by atoms with Gasteiger partial charge < -0.3 is 14.7 Å². The molecule has 7 heteroatoms. The van der Waals surface area contributed by atoms with Gasteiger partial charge in [0.25, 0.3) is 0 Å². The summed E-state index contributed by atoms with van der Waals surface area (Å²) in [6, 6.07) is 9.90. The molecule has 0 aliphatic carbocycles. The lowest BCUT2D eigenvalue weighted by molar-refractivity contribution is 0.212. The lowest BCUT2D eigenvalue weighted by atomic mass is 10.1. The highest BCUT2D eigenvalue weighted by atomic mass is 16.2. The van der Waals surface area contributed by atoms with Crippen LogP contribution in [-0.4, -0.2) is 58.5 Å². The smallest absolute Gasteiger partial charge is 0.323 e. The summed E-state index contributed by atoms with van der Waals surface area (Å²) in [5.41, 5.74) is 2.42. The van der Waals surface area contributed by atoms with Gasteiger partial charge in [0.15, 0.2) is 0 Å². The number of anilines is 2. The molecule has 0 unspecified atom stereocenters. The number of amides is 2. The van der Waals surface area contributed by atoms with E-state index in [4.69, 9.17) is 0 Å². The van der Waals surface area contributed by atoms with Gasteiger partial charge in [-0.1, -0.05) is 31.2 Å². The fourth-order valence-corrected chi connectivity index (χ4v) is 3.55. The average molecular weight is 352 g/mol. The number of urea groups is 1. The third kappa shape index (κ3) is 3.48. The summed E-state index contributed by atoms with van der Waals surface area (Å²) in [5, 5.41) is 2.92. The molecule has 2 aliphatic heterocycles. The van der Waals surface area contributed by atoms with Crippen molar-refractivity contribution in [1.29, 1.82) is 0 Å². The Labute approximate surface area is 153 Å². The number of hydrogen-bond acceptors (Lipinski definition) is 5. The minimum Gasteiger partial charge on any atom is -0.354 e. The molecule has 1 aromatic carbocycles. The standard InChI is InChI=1S/C19H24N6O/c1-2-23-7-9-24(10-8-23)18-11-17(20-14-21-18)22-19(26)25-12-15-5-3-4-6-16(15)13-25/h3-6,11,14H,2,7-10,12-13H2,1H3,(H,20,21,22,26). The number of likely N-dealkylation sites (N-methyl/N-ethyl adjacent to an activating group) is 1. The first kappa shape index (κ1) is 16.8. The molecule has 0 spiro atoms. The van der Waals surface area contributed by atoms with Crippen LogP contribution in [0.2, 0.25) is 0 Å². The molecule has 3 heterocycles. The van der Waals surface area contributed by atoms with E-state index in [2.05, 4.69) is 44.1 Å². The molecule has 2 aliphatic rings. The van der Waals surface area contributed by atoms with Crippen molar-refractivity contribution in [3.63, 3.8) is 0 Å². The molecule has 4 rings (SSSR count). The van der Waals surface area contributed by atoms with E-state index in [0.29, 0.717) is 18.9 Å². The number of aromatic nitrogens is 2. The van der Waals surface area contributed by atoms with Crippen molar-refractivity contribution in [2.75, 3.05) is 42.9 Å². The molecular weight excluding hydrogens is 328 g/mol. The van der Waals surface area contributed by atoms with E-state index in [0.717, 1.165) is 38.5 Å². The Balaban J connectivity index is 1.39. The van der Waals surface area contributed by atoms with Crippen LogP contribution in [0.3, 0.4) is 0 Å². The predicted molar refractivity (Wildman–Crippen MR) is 101 cm³/mol. The number of benzene rings is 1. The fourth-order valence-electron chi connectivity index (χ4n) is 3.55. The van der Waals surface area contributed by atoms with Crippen LogP contribution >= 0.6 is 0 Å². The highest BCUT2D eigenvalue weighted by Crippen LogP contribution is 2.23. The number of nitrogens with zero attached hydrogens (tertiary/aromatic N) is 5. The van der Waals surface area contributed by atoms with Gasteiger partial charge >= 0.3 is 6.03 Å². The van der Waals surface area contributed by atoms with Crippen LogP contribution in [-0.2, 0) is 13.1 Å². The Morgan fingerprint density at radius 2 is 1.77 bits per heavy atom. The highest BCUT2D eigenvalue weighted by Gasteiger charge is 2.23. The van der Waals surface area contributed by atoms with Crippen molar-refractivity contribution < 1.29 is 4.79 Å². The van der Waals surface area contributed by atoms with E-state index in [-0.39, 0.29) is 6.03 Å². The van der Waals surface area contributed by atoms with Crippen molar-refractivity contribution in [1.82, 2.24) is 19.8 Å². The van der Waals surface area contributed by atoms with Gasteiger partial charge in [-0.05, 0) is 17.7 Å². The molecule has 136 valence electrons. The molecule has 1 N–H and O–H groups in total. The maximum Gasteiger partial charge on any atom is 0.323 e. The van der Waals surface area contributed by atoms with Crippen LogP contribution in [0.25, 0.3) is 0 Å². The van der Waals surface area contributed by atoms with Crippen LogP contribution in [0.5, 0.6) is 0 Å². The SMILES string of the molecule is CCN1CCN(c2cc(NC(=O)N3Cc4ccccc4C3)ncn2)CC1. The monoisotopic (exact) mass is 352 g/mol. The Hall–Kier alpha value is -2.67. The van der Waals surface area contributed by atoms with Gasteiger partial charge in [0, 0.05) is 45.3 Å². The van der Waals surface area contributed by atoms with E-state index >= 15 is 0 Å². The second-order valence-electron chi connectivity index (χ2n) is 6.74. The molecule has 0 atom stereocenters. The van der Waals surface area contributed by atoms with Gasteiger partial charge in [-0.25, -0.2) is 14.8 Å². The van der Waals surface area contributed by atoms with Crippen molar-refractivity contribution >= 4 is 17.7 Å². The van der Waals surface area contributed by atoms with Gasteiger partial charge in [0.1, 0.15) is 18.0 Å². The summed E-state index contributed by atoms with van der Waals surface area (Å²) in [6.45, 7) is 8.50. The molecular formula is C19H24N6O. The number of fused-ring (bicyclic) bond motifs is 1. The summed E-state index contributed by atoms with van der Waals surface area (Å²) in [6.07, 6.45) is 1.52. The maximum atomic E-state index is 12.6. The zero-order chi connectivity index (χ0) is 17.9. The largest absolute Gasteiger partial charge is 0.354 e.